The average molecular weight is 415 g/mol. The molecule has 1 aromatic carbocycles. The molecular weight excluding hydrogens is 395 g/mol. The smallest absolute Gasteiger partial charge is 0.338 e. The van der Waals surface area contributed by atoms with Gasteiger partial charge in [-0.15, -0.1) is 0 Å². The van der Waals surface area contributed by atoms with Crippen LogP contribution in [-0.2, 0) is 6.18 Å². The molecule has 0 unspecified atom stereocenters. The fourth-order valence-electron chi connectivity index (χ4n) is 3.71. The van der Waals surface area contributed by atoms with Gasteiger partial charge in [0.05, 0.1) is 34.9 Å². The molecule has 6 nitrogen and oxygen atoms in total. The maximum absolute atomic E-state index is 13.0. The monoisotopic (exact) mass is 415 g/mol. The second-order valence-electron chi connectivity index (χ2n) is 7.41. The molecule has 0 saturated carbocycles. The van der Waals surface area contributed by atoms with E-state index in [2.05, 4.69) is 20.2 Å². The minimum Gasteiger partial charge on any atom is -0.338 e. The average Bonchev–Trinajstić information content (AvgIpc) is 3.19. The summed E-state index contributed by atoms with van der Waals surface area (Å²) in [6.45, 7) is 2.91. The molecule has 2 aromatic heterocycles. The number of piperidine rings is 1. The molecule has 9 heteroatoms. The van der Waals surface area contributed by atoms with E-state index in [1.54, 1.807) is 24.1 Å². The van der Waals surface area contributed by atoms with E-state index in [4.69, 9.17) is 0 Å². The van der Waals surface area contributed by atoms with Crippen molar-refractivity contribution in [1.82, 2.24) is 25.1 Å². The fourth-order valence-corrected chi connectivity index (χ4v) is 3.71. The van der Waals surface area contributed by atoms with Crippen LogP contribution in [0.4, 0.5) is 13.2 Å². The molecule has 1 fully saturated rings. The minimum atomic E-state index is -4.42. The van der Waals surface area contributed by atoms with Crippen molar-refractivity contribution in [3.63, 3.8) is 0 Å². The lowest BCUT2D eigenvalue weighted by Crippen LogP contribution is -2.39. The molecule has 1 aliphatic rings. The first-order chi connectivity index (χ1) is 14.3. The highest BCUT2D eigenvalue weighted by atomic mass is 19.4. The Bertz CT molecular complexity index is 1060. The fraction of sp³-hybridized carbons (Fsp3) is 0.333. The van der Waals surface area contributed by atoms with Gasteiger partial charge in [-0.2, -0.15) is 18.3 Å². The number of H-pyrrole nitrogens is 1. The van der Waals surface area contributed by atoms with Crippen LogP contribution in [0.2, 0.25) is 0 Å². The molecular formula is C21H20F3N5O. The molecule has 0 radical (unpaired) electrons. The Morgan fingerprint density at radius 3 is 2.80 bits per heavy atom. The minimum absolute atomic E-state index is 0.0341. The third-order valence-corrected chi connectivity index (χ3v) is 5.33. The molecule has 1 saturated heterocycles. The van der Waals surface area contributed by atoms with Gasteiger partial charge in [0.2, 0.25) is 0 Å². The number of amides is 1. The zero-order valence-corrected chi connectivity index (χ0v) is 16.3. The lowest BCUT2D eigenvalue weighted by Gasteiger charge is -2.32. The Morgan fingerprint density at radius 2 is 2.07 bits per heavy atom. The number of carbonyl (C=O) groups is 1. The van der Waals surface area contributed by atoms with Gasteiger partial charge in [0, 0.05) is 36.5 Å². The van der Waals surface area contributed by atoms with Gasteiger partial charge in [-0.25, -0.2) is 4.98 Å². The highest BCUT2D eigenvalue weighted by Crippen LogP contribution is 2.32. The van der Waals surface area contributed by atoms with Gasteiger partial charge in [0.25, 0.3) is 5.91 Å². The number of aromatic amines is 1. The number of rotatable bonds is 3. The van der Waals surface area contributed by atoms with Crippen molar-refractivity contribution in [2.75, 3.05) is 13.1 Å². The van der Waals surface area contributed by atoms with Crippen molar-refractivity contribution < 1.29 is 18.0 Å². The van der Waals surface area contributed by atoms with Gasteiger partial charge < -0.3 is 4.90 Å². The van der Waals surface area contributed by atoms with Crippen LogP contribution in [0.1, 0.15) is 46.1 Å². The number of hydrogen-bond donors (Lipinski definition) is 1. The molecule has 0 aliphatic carbocycles. The number of halogens is 3. The Morgan fingerprint density at radius 1 is 1.23 bits per heavy atom. The summed E-state index contributed by atoms with van der Waals surface area (Å²) in [5, 5.41) is 6.68. The maximum atomic E-state index is 13.0. The molecule has 1 amide bonds. The van der Waals surface area contributed by atoms with Crippen LogP contribution in [-0.4, -0.2) is 44.1 Å². The Kier molecular flexibility index (Phi) is 5.27. The number of carbonyl (C=O) groups excluding carboxylic acids is 1. The number of aromatic nitrogens is 4. The molecule has 3 heterocycles. The number of alkyl halides is 3. The van der Waals surface area contributed by atoms with Crippen molar-refractivity contribution in [2.24, 2.45) is 0 Å². The summed E-state index contributed by atoms with van der Waals surface area (Å²) in [4.78, 5) is 23.3. The Labute approximate surface area is 171 Å². The number of nitrogens with one attached hydrogen (secondary N) is 1. The SMILES string of the molecule is Cc1[nH]ncc1C(=O)N1CCC[C@H](c2cncc(-c3cccc(C(F)(F)F)c3)n2)C1. The molecule has 3 aromatic rings. The lowest BCUT2D eigenvalue weighted by atomic mass is 9.94. The number of aryl methyl sites for hydroxylation is 1. The van der Waals surface area contributed by atoms with Crippen LogP contribution in [0, 0.1) is 6.92 Å². The quantitative estimate of drug-likeness (QED) is 0.695. The second-order valence-corrected chi connectivity index (χ2v) is 7.41. The van der Waals surface area contributed by atoms with Crippen LogP contribution in [0.3, 0.4) is 0 Å². The molecule has 0 bridgehead atoms. The first-order valence-electron chi connectivity index (χ1n) is 9.62. The zero-order chi connectivity index (χ0) is 21.3. The van der Waals surface area contributed by atoms with Gasteiger partial charge in [-0.1, -0.05) is 12.1 Å². The van der Waals surface area contributed by atoms with Gasteiger partial charge in [-0.3, -0.25) is 14.9 Å². The maximum Gasteiger partial charge on any atom is 0.416 e. The Balaban J connectivity index is 1.57. The van der Waals surface area contributed by atoms with E-state index in [0.717, 1.165) is 25.0 Å². The predicted molar refractivity (Wildman–Crippen MR) is 104 cm³/mol. The number of nitrogens with zero attached hydrogens (tertiary/aromatic N) is 4. The molecule has 30 heavy (non-hydrogen) atoms. The van der Waals surface area contributed by atoms with Crippen LogP contribution in [0.25, 0.3) is 11.3 Å². The second kappa shape index (κ2) is 7.89. The number of likely N-dealkylation sites (tertiary alicyclic amines) is 1. The highest BCUT2D eigenvalue weighted by molar-refractivity contribution is 5.95. The van der Waals surface area contributed by atoms with Gasteiger partial charge in [0.15, 0.2) is 0 Å². The van der Waals surface area contributed by atoms with E-state index in [-0.39, 0.29) is 11.8 Å². The summed E-state index contributed by atoms with van der Waals surface area (Å²) in [7, 11) is 0. The highest BCUT2D eigenvalue weighted by Gasteiger charge is 2.31. The third-order valence-electron chi connectivity index (χ3n) is 5.33. The number of benzene rings is 1. The normalized spacial score (nSPS) is 17.2. The van der Waals surface area contributed by atoms with E-state index < -0.39 is 11.7 Å². The van der Waals surface area contributed by atoms with Crippen LogP contribution >= 0.6 is 0 Å². The summed E-state index contributed by atoms with van der Waals surface area (Å²) in [5.74, 6) is -0.124. The van der Waals surface area contributed by atoms with E-state index in [1.807, 2.05) is 0 Å². The predicted octanol–water partition coefficient (Wildman–Crippen LogP) is 4.21. The summed E-state index contributed by atoms with van der Waals surface area (Å²) in [6.07, 6.45) is 1.82. The van der Waals surface area contributed by atoms with Crippen molar-refractivity contribution in [1.29, 1.82) is 0 Å². The van der Waals surface area contributed by atoms with Crippen molar-refractivity contribution in [3.8, 4) is 11.3 Å². The van der Waals surface area contributed by atoms with E-state index >= 15 is 0 Å². The van der Waals surface area contributed by atoms with E-state index in [0.29, 0.717) is 41.3 Å². The molecule has 1 atom stereocenters. The first kappa shape index (κ1) is 20.1. The standard InChI is InChI=1S/C21H20F3N5O/c1-13-17(9-26-28-13)20(30)29-7-3-5-15(12-29)19-11-25-10-18(27-19)14-4-2-6-16(8-14)21(22,23)24/h2,4,6,8-11,15H,3,5,7,12H2,1H3,(H,26,28)/t15-/m0/s1. The zero-order valence-electron chi connectivity index (χ0n) is 16.3. The molecule has 4 rings (SSSR count). The van der Waals surface area contributed by atoms with E-state index in [9.17, 15) is 18.0 Å². The first-order valence-corrected chi connectivity index (χ1v) is 9.62. The number of hydrogen-bond acceptors (Lipinski definition) is 4. The van der Waals surface area contributed by atoms with Crippen molar-refractivity contribution >= 4 is 5.91 Å². The topological polar surface area (TPSA) is 74.8 Å². The summed E-state index contributed by atoms with van der Waals surface area (Å²) >= 11 is 0. The molecule has 156 valence electrons. The molecule has 1 N–H and O–H groups in total. The van der Waals surface area contributed by atoms with Crippen LogP contribution < -0.4 is 0 Å². The van der Waals surface area contributed by atoms with Crippen LogP contribution in [0.15, 0.2) is 42.9 Å². The Hall–Kier alpha value is -3.23. The van der Waals surface area contributed by atoms with Crippen molar-refractivity contribution in [2.45, 2.75) is 31.9 Å². The summed E-state index contributed by atoms with van der Waals surface area (Å²) in [5.41, 5.74) is 1.95. The van der Waals surface area contributed by atoms with Gasteiger partial charge in [-0.05, 0) is 31.9 Å². The van der Waals surface area contributed by atoms with Crippen LogP contribution in [0.5, 0.6) is 0 Å². The third kappa shape index (κ3) is 4.05. The van der Waals surface area contributed by atoms with E-state index in [1.165, 1.54) is 18.5 Å². The summed E-state index contributed by atoms with van der Waals surface area (Å²) < 4.78 is 39.1. The largest absolute Gasteiger partial charge is 0.416 e. The molecule has 0 spiro atoms. The van der Waals surface area contributed by atoms with Crippen molar-refractivity contribution in [3.05, 3.63) is 65.4 Å². The molecule has 1 aliphatic heterocycles. The lowest BCUT2D eigenvalue weighted by molar-refractivity contribution is -0.137. The van der Waals surface area contributed by atoms with Gasteiger partial charge >= 0.3 is 6.18 Å². The summed E-state index contributed by atoms with van der Waals surface area (Å²) in [6, 6.07) is 5.05. The van der Waals surface area contributed by atoms with Gasteiger partial charge in [0.1, 0.15) is 0 Å².